The molecule has 0 saturated heterocycles. The van der Waals surface area contributed by atoms with Gasteiger partial charge in [0.15, 0.2) is 11.5 Å². The van der Waals surface area contributed by atoms with Gasteiger partial charge in [-0.3, -0.25) is 0 Å². The molecule has 1 saturated carbocycles. The molecule has 1 fully saturated rings. The molecule has 14 heteroatoms. The van der Waals surface area contributed by atoms with Gasteiger partial charge in [-0.2, -0.15) is 13.2 Å². The van der Waals surface area contributed by atoms with Gasteiger partial charge in [-0.05, 0) is 55.5 Å². The predicted octanol–water partition coefficient (Wildman–Crippen LogP) is 6.37. The number of rotatable bonds is 8. The van der Waals surface area contributed by atoms with Crippen LogP contribution in [0.4, 0.5) is 32.2 Å². The van der Waals surface area contributed by atoms with Crippen LogP contribution in [0, 0.1) is 5.92 Å². The molecule has 1 aliphatic carbocycles. The van der Waals surface area contributed by atoms with Crippen LogP contribution in [-0.4, -0.2) is 43.0 Å². The van der Waals surface area contributed by atoms with Crippen LogP contribution in [0.25, 0.3) is 22.6 Å². The number of alkyl halides is 6. The summed E-state index contributed by atoms with van der Waals surface area (Å²) in [6.45, 7) is 1.83. The molecule has 1 atom stereocenters. The number of aromatic carboxylic acids is 1. The third-order valence-corrected chi connectivity index (χ3v) is 6.44. The molecule has 2 N–H and O–H groups in total. The largest absolute Gasteiger partial charge is 0.573 e. The van der Waals surface area contributed by atoms with Crippen molar-refractivity contribution in [2.45, 2.75) is 44.9 Å². The van der Waals surface area contributed by atoms with Gasteiger partial charge in [-0.1, -0.05) is 24.3 Å². The number of halogens is 6. The number of carboxylic acids is 1. The summed E-state index contributed by atoms with van der Waals surface area (Å²) >= 11 is 0. The summed E-state index contributed by atoms with van der Waals surface area (Å²) in [5, 5.41) is 12.8. The molecule has 0 aliphatic heterocycles. The molecule has 2 aromatic carbocycles. The van der Waals surface area contributed by atoms with Crippen LogP contribution < -0.4 is 10.1 Å². The van der Waals surface area contributed by atoms with Crippen LogP contribution in [-0.2, 0) is 12.7 Å². The first kappa shape index (κ1) is 27.2. The topological polar surface area (TPSA) is 102 Å². The van der Waals surface area contributed by atoms with Crippen molar-refractivity contribution in [2.75, 3.05) is 5.32 Å². The number of carbonyl (C=O) groups is 1. The molecular weight excluding hydrogens is 544 g/mol. The molecule has 8 nitrogen and oxygen atoms in total. The Balaban J connectivity index is 1.68. The highest BCUT2D eigenvalue weighted by molar-refractivity contribution is 5.92. The van der Waals surface area contributed by atoms with E-state index < -0.39 is 35.6 Å². The Hall–Kier alpha value is -4.36. The van der Waals surface area contributed by atoms with E-state index in [1.165, 1.54) is 28.8 Å². The fraction of sp³-hybridized carbons (Fsp3) is 0.308. The summed E-state index contributed by atoms with van der Waals surface area (Å²) in [4.78, 5) is 24.4. The Morgan fingerprint density at radius 1 is 1.07 bits per heavy atom. The van der Waals surface area contributed by atoms with Gasteiger partial charge < -0.3 is 19.7 Å². The number of fused-ring (bicyclic) bond motifs is 1. The predicted molar refractivity (Wildman–Crippen MR) is 131 cm³/mol. The lowest BCUT2D eigenvalue weighted by Gasteiger charge is -2.17. The van der Waals surface area contributed by atoms with Crippen molar-refractivity contribution in [1.29, 1.82) is 0 Å². The van der Waals surface area contributed by atoms with Gasteiger partial charge in [0.25, 0.3) is 0 Å². The second kappa shape index (κ2) is 9.99. The summed E-state index contributed by atoms with van der Waals surface area (Å²) in [7, 11) is 0. The first-order valence-electron chi connectivity index (χ1n) is 12.1. The summed E-state index contributed by atoms with van der Waals surface area (Å²) in [6, 6.07) is 9.28. The van der Waals surface area contributed by atoms with E-state index in [1.54, 1.807) is 0 Å². The van der Waals surface area contributed by atoms with E-state index in [4.69, 9.17) is 0 Å². The van der Waals surface area contributed by atoms with E-state index in [0.29, 0.717) is 11.5 Å². The first-order chi connectivity index (χ1) is 18.8. The molecule has 0 bridgehead atoms. The molecular formula is C26H21F6N5O3. The maximum atomic E-state index is 13.1. The third-order valence-electron chi connectivity index (χ3n) is 6.44. The molecule has 0 spiro atoms. The second-order valence-electron chi connectivity index (χ2n) is 9.44. The Bertz CT molecular complexity index is 1560. The van der Waals surface area contributed by atoms with Crippen LogP contribution in [0.1, 0.15) is 41.5 Å². The minimum absolute atomic E-state index is 0.0537. The number of carboxylic acid groups (broad SMARTS) is 1. The maximum absolute atomic E-state index is 13.1. The second-order valence-corrected chi connectivity index (χ2v) is 9.44. The van der Waals surface area contributed by atoms with E-state index in [2.05, 4.69) is 25.0 Å². The van der Waals surface area contributed by atoms with Crippen molar-refractivity contribution in [3.8, 4) is 17.1 Å². The number of hydrogen-bond donors (Lipinski definition) is 2. The monoisotopic (exact) mass is 565 g/mol. The summed E-state index contributed by atoms with van der Waals surface area (Å²) in [5.74, 6) is -1.92. The van der Waals surface area contributed by atoms with Gasteiger partial charge in [0.1, 0.15) is 17.1 Å². The van der Waals surface area contributed by atoms with Crippen molar-refractivity contribution in [1.82, 2.24) is 19.5 Å². The van der Waals surface area contributed by atoms with Gasteiger partial charge in [-0.25, -0.2) is 19.7 Å². The zero-order chi connectivity index (χ0) is 28.8. The minimum atomic E-state index is -4.95. The molecule has 0 radical (unpaired) electrons. The highest BCUT2D eigenvalue weighted by Crippen LogP contribution is 2.37. The third kappa shape index (κ3) is 5.95. The highest BCUT2D eigenvalue weighted by Gasteiger charge is 2.33. The number of aromatic nitrogens is 4. The van der Waals surface area contributed by atoms with Gasteiger partial charge in [0, 0.05) is 18.2 Å². The van der Waals surface area contributed by atoms with Gasteiger partial charge in [0.05, 0.1) is 5.56 Å². The summed E-state index contributed by atoms with van der Waals surface area (Å²) in [6.07, 6.45) is -7.55. The molecule has 4 aromatic rings. The van der Waals surface area contributed by atoms with Gasteiger partial charge in [-0.15, -0.1) is 13.2 Å². The smallest absolute Gasteiger partial charge is 0.475 e. The zero-order valence-corrected chi connectivity index (χ0v) is 20.7. The van der Waals surface area contributed by atoms with Crippen molar-refractivity contribution in [3.63, 3.8) is 0 Å². The lowest BCUT2D eigenvalue weighted by molar-refractivity contribution is -0.274. The number of nitrogens with zero attached hydrogens (tertiary/aromatic N) is 4. The average molecular weight is 565 g/mol. The van der Waals surface area contributed by atoms with E-state index in [0.717, 1.165) is 37.1 Å². The minimum Gasteiger partial charge on any atom is -0.475 e. The van der Waals surface area contributed by atoms with Crippen molar-refractivity contribution >= 4 is 23.0 Å². The van der Waals surface area contributed by atoms with Crippen molar-refractivity contribution in [3.05, 3.63) is 65.5 Å². The quantitative estimate of drug-likeness (QED) is 0.240. The van der Waals surface area contributed by atoms with Crippen molar-refractivity contribution in [2.24, 2.45) is 5.92 Å². The van der Waals surface area contributed by atoms with Crippen LogP contribution in [0.3, 0.4) is 0 Å². The molecule has 0 unspecified atom stereocenters. The number of hydrogen-bond acceptors (Lipinski definition) is 6. The molecule has 5 rings (SSSR count). The van der Waals surface area contributed by atoms with Crippen molar-refractivity contribution < 1.29 is 41.0 Å². The van der Waals surface area contributed by atoms with E-state index in [1.807, 2.05) is 6.92 Å². The summed E-state index contributed by atoms with van der Waals surface area (Å²) in [5.41, 5.74) is -0.0695. The zero-order valence-electron chi connectivity index (χ0n) is 20.7. The fourth-order valence-electron chi connectivity index (χ4n) is 4.35. The van der Waals surface area contributed by atoms with Gasteiger partial charge >= 0.3 is 18.5 Å². The molecule has 210 valence electrons. The Morgan fingerprint density at radius 3 is 2.38 bits per heavy atom. The molecule has 40 heavy (non-hydrogen) atoms. The Kier molecular flexibility index (Phi) is 6.80. The number of benzene rings is 2. The molecule has 0 amide bonds. The van der Waals surface area contributed by atoms with Crippen LogP contribution in [0.2, 0.25) is 0 Å². The normalized spacial score (nSPS) is 14.8. The fourth-order valence-corrected chi connectivity index (χ4v) is 4.35. The lowest BCUT2D eigenvalue weighted by atomic mass is 10.1. The molecule has 1 aliphatic rings. The summed E-state index contributed by atoms with van der Waals surface area (Å²) < 4.78 is 83.6. The lowest BCUT2D eigenvalue weighted by Crippen LogP contribution is -2.20. The van der Waals surface area contributed by atoms with Crippen LogP contribution in [0.15, 0.2) is 48.5 Å². The number of imidazole rings is 1. The van der Waals surface area contributed by atoms with Crippen LogP contribution >= 0.6 is 0 Å². The standard InChI is InChI=1S/C26H21F6N5O3/c1-13(15-7-8-15)33-20-19-21(35-22(34-20)24(38)39)36-23(16-3-2-4-18(11-16)40-26(30,31)32)37(19)12-14-5-9-17(10-6-14)25(27,28)29/h2-6,9-11,13,15H,7-8,12H2,1H3,(H,38,39)(H,33,34,35)/t13-/m1/s1. The van der Waals surface area contributed by atoms with E-state index >= 15 is 0 Å². The number of anilines is 1. The highest BCUT2D eigenvalue weighted by atomic mass is 19.4. The van der Waals surface area contributed by atoms with Gasteiger partial charge in [0.2, 0.25) is 5.82 Å². The molecule has 2 heterocycles. The number of ether oxygens (including phenoxy) is 1. The first-order valence-corrected chi connectivity index (χ1v) is 12.1. The van der Waals surface area contributed by atoms with Crippen LogP contribution in [0.5, 0.6) is 5.75 Å². The van der Waals surface area contributed by atoms with E-state index in [-0.39, 0.29) is 41.0 Å². The molecule has 2 aromatic heterocycles. The Morgan fingerprint density at radius 2 is 1.77 bits per heavy atom. The average Bonchev–Trinajstić information content (AvgIpc) is 3.65. The maximum Gasteiger partial charge on any atom is 0.573 e. The number of nitrogens with one attached hydrogen (secondary N) is 1. The Labute approximate surface area is 222 Å². The van der Waals surface area contributed by atoms with E-state index in [9.17, 15) is 36.2 Å². The SMILES string of the molecule is C[C@@H](Nc1nc(C(=O)O)nc2nc(-c3cccc(OC(F)(F)F)c3)n(Cc3ccc(C(F)(F)F)cc3)c12)C1CC1.